The van der Waals surface area contributed by atoms with Crippen molar-refractivity contribution < 1.29 is 29.1 Å². The van der Waals surface area contributed by atoms with Crippen molar-refractivity contribution in [1.82, 2.24) is 15.0 Å². The van der Waals surface area contributed by atoms with Gasteiger partial charge in [-0.3, -0.25) is 4.90 Å². The molecule has 0 radical (unpaired) electrons. The molecular weight excluding hydrogens is 486 g/mol. The third-order valence-electron chi connectivity index (χ3n) is 6.39. The van der Waals surface area contributed by atoms with Gasteiger partial charge in [0.1, 0.15) is 5.75 Å². The van der Waals surface area contributed by atoms with E-state index in [2.05, 4.69) is 45.4 Å². The smallest absolute Gasteiger partial charge is 0.328 e. The predicted molar refractivity (Wildman–Crippen MR) is 143 cm³/mol. The van der Waals surface area contributed by atoms with Crippen LogP contribution in [0.1, 0.15) is 43.5 Å². The molecule has 2 aromatic carbocycles. The van der Waals surface area contributed by atoms with Gasteiger partial charge < -0.3 is 19.5 Å². The summed E-state index contributed by atoms with van der Waals surface area (Å²) in [6.07, 6.45) is 8.29. The number of piperidine rings is 1. The molecule has 1 saturated heterocycles. The molecule has 9 nitrogen and oxygen atoms in total. The van der Waals surface area contributed by atoms with Crippen LogP contribution in [0.5, 0.6) is 5.75 Å². The van der Waals surface area contributed by atoms with E-state index in [1.54, 1.807) is 7.11 Å². The van der Waals surface area contributed by atoms with Gasteiger partial charge in [0, 0.05) is 30.7 Å². The number of nitrogens with zero attached hydrogens (tertiary/aromatic N) is 3. The lowest BCUT2D eigenvalue weighted by Gasteiger charge is -2.32. The van der Waals surface area contributed by atoms with Crippen LogP contribution in [0.3, 0.4) is 0 Å². The van der Waals surface area contributed by atoms with Crippen molar-refractivity contribution in [1.29, 1.82) is 0 Å². The van der Waals surface area contributed by atoms with Crippen molar-refractivity contribution in [2.24, 2.45) is 5.92 Å². The molecule has 2 N–H and O–H groups in total. The molecule has 38 heavy (non-hydrogen) atoms. The van der Waals surface area contributed by atoms with E-state index in [9.17, 15) is 9.59 Å². The average molecular weight is 522 g/mol. The fourth-order valence-electron chi connectivity index (χ4n) is 4.34. The van der Waals surface area contributed by atoms with Crippen molar-refractivity contribution in [2.45, 2.75) is 45.1 Å². The summed E-state index contributed by atoms with van der Waals surface area (Å²) >= 11 is 0. The van der Waals surface area contributed by atoms with E-state index in [1.807, 2.05) is 24.3 Å². The van der Waals surface area contributed by atoms with Gasteiger partial charge >= 0.3 is 11.9 Å². The van der Waals surface area contributed by atoms with E-state index in [4.69, 9.17) is 19.5 Å². The van der Waals surface area contributed by atoms with Crippen LogP contribution in [0.25, 0.3) is 11.5 Å². The Hall–Kier alpha value is -3.98. The first kappa shape index (κ1) is 28.6. The normalized spacial score (nSPS) is 14.1. The molecule has 1 fully saturated rings. The van der Waals surface area contributed by atoms with E-state index in [1.165, 1.54) is 44.3 Å². The topological polar surface area (TPSA) is 126 Å². The van der Waals surface area contributed by atoms with Crippen molar-refractivity contribution in [3.63, 3.8) is 0 Å². The molecule has 1 aliphatic heterocycles. The Balaban J connectivity index is 0.000000436. The second kappa shape index (κ2) is 15.3. The number of aromatic nitrogens is 2. The summed E-state index contributed by atoms with van der Waals surface area (Å²) < 4.78 is 10.6. The van der Waals surface area contributed by atoms with Gasteiger partial charge in [-0.05, 0) is 68.1 Å². The Bertz CT molecular complexity index is 1140. The Kier molecular flexibility index (Phi) is 11.5. The van der Waals surface area contributed by atoms with E-state index in [0.29, 0.717) is 18.0 Å². The summed E-state index contributed by atoms with van der Waals surface area (Å²) in [7, 11) is 1.66. The third-order valence-corrected chi connectivity index (χ3v) is 6.39. The zero-order valence-corrected chi connectivity index (χ0v) is 21.7. The first-order valence-corrected chi connectivity index (χ1v) is 12.8. The summed E-state index contributed by atoms with van der Waals surface area (Å²) in [5, 5.41) is 19.8. The number of aryl methyl sites for hydroxylation is 1. The lowest BCUT2D eigenvalue weighted by Crippen LogP contribution is -2.33. The predicted octanol–water partition coefficient (Wildman–Crippen LogP) is 5.08. The Morgan fingerprint density at radius 1 is 1.00 bits per heavy atom. The maximum atomic E-state index is 9.55. The SMILES string of the molecule is COc1ccc(-c2nc(CCCCC3CCN(Cc4ccccc4)CC3)no2)cc1.O=C(O)/C=C/C(=O)O. The van der Waals surface area contributed by atoms with Crippen LogP contribution in [0, 0.1) is 5.92 Å². The Labute approximate surface area is 222 Å². The molecule has 0 spiro atoms. The zero-order chi connectivity index (χ0) is 27.2. The molecule has 2 heterocycles. The molecule has 3 aromatic rings. The van der Waals surface area contributed by atoms with E-state index in [-0.39, 0.29) is 0 Å². The van der Waals surface area contributed by atoms with Crippen LogP contribution in [-0.4, -0.2) is 57.4 Å². The van der Waals surface area contributed by atoms with Crippen LogP contribution in [-0.2, 0) is 22.6 Å². The highest BCUT2D eigenvalue weighted by Crippen LogP contribution is 2.25. The average Bonchev–Trinajstić information content (AvgIpc) is 3.41. The molecule has 9 heteroatoms. The van der Waals surface area contributed by atoms with Crippen LogP contribution >= 0.6 is 0 Å². The fraction of sp³-hybridized carbons (Fsp3) is 0.379. The number of methoxy groups -OCH3 is 1. The fourth-order valence-corrected chi connectivity index (χ4v) is 4.34. The molecule has 0 bridgehead atoms. The lowest BCUT2D eigenvalue weighted by molar-refractivity contribution is -0.134. The Morgan fingerprint density at radius 2 is 1.66 bits per heavy atom. The first-order chi connectivity index (χ1) is 18.4. The number of aliphatic carboxylic acids is 2. The molecule has 0 unspecified atom stereocenters. The molecule has 0 amide bonds. The highest BCUT2D eigenvalue weighted by molar-refractivity contribution is 5.89. The van der Waals surface area contributed by atoms with Gasteiger partial charge in [0.15, 0.2) is 5.82 Å². The third kappa shape index (κ3) is 10.2. The number of carboxylic acid groups (broad SMARTS) is 2. The standard InChI is InChI=1S/C25H31N3O2.C4H4O4/c1-29-23-13-11-22(12-14-23)25-26-24(27-30-25)10-6-5-7-20-15-17-28(18-16-20)19-21-8-3-2-4-9-21;5-3(6)1-2-4(7)8/h2-4,8-9,11-14,20H,5-7,10,15-19H2,1H3;1-2H,(H,5,6)(H,7,8)/b;2-1+. The number of carbonyl (C=O) groups is 2. The summed E-state index contributed by atoms with van der Waals surface area (Å²) in [6.45, 7) is 3.52. The minimum absolute atomic E-state index is 0.558. The second-order valence-electron chi connectivity index (χ2n) is 9.20. The minimum atomic E-state index is -1.26. The van der Waals surface area contributed by atoms with Crippen LogP contribution in [0.4, 0.5) is 0 Å². The van der Waals surface area contributed by atoms with Crippen LogP contribution < -0.4 is 4.74 Å². The van der Waals surface area contributed by atoms with Gasteiger partial charge in [0.2, 0.25) is 0 Å². The number of ether oxygens (including phenoxy) is 1. The quantitative estimate of drug-likeness (QED) is 0.262. The van der Waals surface area contributed by atoms with Crippen LogP contribution in [0.15, 0.2) is 71.3 Å². The number of unbranched alkanes of at least 4 members (excludes halogenated alkanes) is 1. The monoisotopic (exact) mass is 521 g/mol. The number of carboxylic acids is 2. The molecule has 4 rings (SSSR count). The summed E-state index contributed by atoms with van der Waals surface area (Å²) in [4.78, 5) is 26.2. The maximum Gasteiger partial charge on any atom is 0.328 e. The largest absolute Gasteiger partial charge is 0.497 e. The minimum Gasteiger partial charge on any atom is -0.497 e. The summed E-state index contributed by atoms with van der Waals surface area (Å²) in [5.74, 6) is 0.554. The second-order valence-corrected chi connectivity index (χ2v) is 9.20. The van der Waals surface area contributed by atoms with Gasteiger partial charge in [0.05, 0.1) is 7.11 Å². The van der Waals surface area contributed by atoms with Crippen molar-refractivity contribution in [3.05, 3.63) is 78.1 Å². The number of hydrogen-bond acceptors (Lipinski definition) is 7. The lowest BCUT2D eigenvalue weighted by atomic mass is 9.91. The number of benzene rings is 2. The molecule has 0 atom stereocenters. The molecule has 202 valence electrons. The van der Waals surface area contributed by atoms with Crippen LogP contribution in [0.2, 0.25) is 0 Å². The highest BCUT2D eigenvalue weighted by atomic mass is 16.5. The summed E-state index contributed by atoms with van der Waals surface area (Å²) in [6, 6.07) is 18.5. The number of hydrogen-bond donors (Lipinski definition) is 2. The molecule has 0 saturated carbocycles. The van der Waals surface area contributed by atoms with Gasteiger partial charge in [-0.25, -0.2) is 9.59 Å². The molecule has 1 aliphatic rings. The summed E-state index contributed by atoms with van der Waals surface area (Å²) in [5.41, 5.74) is 2.35. The van der Waals surface area contributed by atoms with Gasteiger partial charge in [0.25, 0.3) is 5.89 Å². The van der Waals surface area contributed by atoms with Crippen molar-refractivity contribution in [2.75, 3.05) is 20.2 Å². The van der Waals surface area contributed by atoms with Crippen molar-refractivity contribution in [3.8, 4) is 17.2 Å². The van der Waals surface area contributed by atoms with E-state index in [0.717, 1.165) is 42.4 Å². The van der Waals surface area contributed by atoms with Gasteiger partial charge in [-0.2, -0.15) is 4.98 Å². The Morgan fingerprint density at radius 3 is 2.26 bits per heavy atom. The highest BCUT2D eigenvalue weighted by Gasteiger charge is 2.19. The first-order valence-electron chi connectivity index (χ1n) is 12.8. The van der Waals surface area contributed by atoms with E-state index >= 15 is 0 Å². The molecule has 0 aliphatic carbocycles. The van der Waals surface area contributed by atoms with Gasteiger partial charge in [-0.15, -0.1) is 0 Å². The number of rotatable bonds is 11. The van der Waals surface area contributed by atoms with Crippen molar-refractivity contribution >= 4 is 11.9 Å². The van der Waals surface area contributed by atoms with Gasteiger partial charge in [-0.1, -0.05) is 48.3 Å². The number of likely N-dealkylation sites (tertiary alicyclic amines) is 1. The van der Waals surface area contributed by atoms with E-state index < -0.39 is 11.9 Å². The molecular formula is C29H35N3O6. The molecule has 1 aromatic heterocycles. The maximum absolute atomic E-state index is 9.55. The zero-order valence-electron chi connectivity index (χ0n) is 21.7.